The summed E-state index contributed by atoms with van der Waals surface area (Å²) in [7, 11) is 0. The van der Waals surface area contributed by atoms with E-state index in [9.17, 15) is 9.59 Å². The number of aromatic nitrogens is 3. The van der Waals surface area contributed by atoms with Crippen molar-refractivity contribution in [1.82, 2.24) is 14.8 Å². The molecule has 0 amide bonds. The standard InChI is InChI=1S/C21H21N3O4/c1-3-27-19-10-8-17(9-11-19)20(25)15(2)28-21(26)18-6-4-16(5-7-18)12-24-14-22-13-23-24/h4-11,13-15H,3,12H2,1-2H3/t15-/m0/s1. The largest absolute Gasteiger partial charge is 0.494 e. The lowest BCUT2D eigenvalue weighted by molar-refractivity contribution is 0.0319. The van der Waals surface area contributed by atoms with Gasteiger partial charge in [0.15, 0.2) is 6.10 Å². The molecule has 0 aliphatic carbocycles. The summed E-state index contributed by atoms with van der Waals surface area (Å²) in [5, 5.41) is 4.04. The molecule has 3 rings (SSSR count). The molecule has 0 aliphatic heterocycles. The maximum atomic E-state index is 12.5. The second kappa shape index (κ2) is 8.94. The molecule has 0 aliphatic rings. The summed E-state index contributed by atoms with van der Waals surface area (Å²) in [5.74, 6) is -0.118. The third-order valence-corrected chi connectivity index (χ3v) is 4.10. The highest BCUT2D eigenvalue weighted by Gasteiger charge is 2.20. The number of ether oxygens (including phenoxy) is 2. The Hall–Kier alpha value is -3.48. The number of Topliss-reactive ketones (excluding diaryl/α,β-unsaturated/α-hetero) is 1. The molecule has 144 valence electrons. The van der Waals surface area contributed by atoms with Crippen LogP contribution in [0.2, 0.25) is 0 Å². The van der Waals surface area contributed by atoms with Gasteiger partial charge in [0.2, 0.25) is 5.78 Å². The summed E-state index contributed by atoms with van der Waals surface area (Å²) in [5.41, 5.74) is 1.82. The Morgan fingerprint density at radius 1 is 1.04 bits per heavy atom. The third-order valence-electron chi connectivity index (χ3n) is 4.10. The van der Waals surface area contributed by atoms with Crippen LogP contribution in [0.15, 0.2) is 61.2 Å². The lowest BCUT2D eigenvalue weighted by Gasteiger charge is -2.13. The van der Waals surface area contributed by atoms with Crippen molar-refractivity contribution in [2.24, 2.45) is 0 Å². The Balaban J connectivity index is 1.59. The van der Waals surface area contributed by atoms with E-state index in [1.807, 2.05) is 19.1 Å². The maximum Gasteiger partial charge on any atom is 0.338 e. The Morgan fingerprint density at radius 2 is 1.71 bits per heavy atom. The van der Waals surface area contributed by atoms with Crippen LogP contribution in [0.25, 0.3) is 0 Å². The van der Waals surface area contributed by atoms with Crippen molar-refractivity contribution in [2.45, 2.75) is 26.5 Å². The summed E-state index contributed by atoms with van der Waals surface area (Å²) in [6.07, 6.45) is 2.20. The molecule has 28 heavy (non-hydrogen) atoms. The van der Waals surface area contributed by atoms with Crippen LogP contribution < -0.4 is 4.74 Å². The quantitative estimate of drug-likeness (QED) is 0.442. The van der Waals surface area contributed by atoms with Gasteiger partial charge in [-0.15, -0.1) is 0 Å². The lowest BCUT2D eigenvalue weighted by atomic mass is 10.1. The molecule has 0 fully saturated rings. The first kappa shape index (κ1) is 19.3. The maximum absolute atomic E-state index is 12.5. The first-order chi connectivity index (χ1) is 13.6. The van der Waals surface area contributed by atoms with Crippen LogP contribution in [0.1, 0.15) is 40.1 Å². The molecule has 1 aromatic heterocycles. The van der Waals surface area contributed by atoms with Crippen molar-refractivity contribution in [1.29, 1.82) is 0 Å². The average molecular weight is 379 g/mol. The van der Waals surface area contributed by atoms with Crippen LogP contribution in [-0.4, -0.2) is 39.2 Å². The Bertz CT molecular complexity index is 919. The van der Waals surface area contributed by atoms with E-state index in [1.54, 1.807) is 54.3 Å². The molecular formula is C21H21N3O4. The number of carbonyl (C=O) groups excluding carboxylic acids is 2. The van der Waals surface area contributed by atoms with Crippen molar-refractivity contribution in [2.75, 3.05) is 6.61 Å². The monoisotopic (exact) mass is 379 g/mol. The van der Waals surface area contributed by atoms with Crippen molar-refractivity contribution < 1.29 is 19.1 Å². The van der Waals surface area contributed by atoms with E-state index in [4.69, 9.17) is 9.47 Å². The third kappa shape index (κ3) is 4.82. The number of hydrogen-bond acceptors (Lipinski definition) is 6. The van der Waals surface area contributed by atoms with Crippen LogP contribution in [0, 0.1) is 0 Å². The number of rotatable bonds is 8. The van der Waals surface area contributed by atoms with Gasteiger partial charge in [0.05, 0.1) is 18.7 Å². The molecular weight excluding hydrogens is 358 g/mol. The zero-order valence-electron chi connectivity index (χ0n) is 15.7. The van der Waals surface area contributed by atoms with Crippen LogP contribution in [0.3, 0.4) is 0 Å². The van der Waals surface area contributed by atoms with Crippen molar-refractivity contribution >= 4 is 11.8 Å². The van der Waals surface area contributed by atoms with E-state index in [1.165, 1.54) is 6.33 Å². The van der Waals surface area contributed by atoms with Crippen molar-refractivity contribution in [3.05, 3.63) is 77.9 Å². The topological polar surface area (TPSA) is 83.3 Å². The van der Waals surface area contributed by atoms with Crippen LogP contribution in [0.5, 0.6) is 5.75 Å². The number of ketones is 1. The summed E-state index contributed by atoms with van der Waals surface area (Å²) in [6, 6.07) is 13.7. The minimum absolute atomic E-state index is 0.265. The highest BCUT2D eigenvalue weighted by molar-refractivity contribution is 6.01. The van der Waals surface area contributed by atoms with Gasteiger partial charge in [-0.1, -0.05) is 12.1 Å². The fourth-order valence-electron chi connectivity index (χ4n) is 2.65. The zero-order valence-corrected chi connectivity index (χ0v) is 15.7. The Morgan fingerprint density at radius 3 is 2.32 bits per heavy atom. The lowest BCUT2D eigenvalue weighted by Crippen LogP contribution is -2.24. The van der Waals surface area contributed by atoms with E-state index in [0.29, 0.717) is 30.0 Å². The minimum atomic E-state index is -0.889. The van der Waals surface area contributed by atoms with Gasteiger partial charge in [-0.3, -0.25) is 4.79 Å². The molecule has 1 atom stereocenters. The van der Waals surface area contributed by atoms with Gasteiger partial charge in [-0.05, 0) is 55.8 Å². The SMILES string of the molecule is CCOc1ccc(C(=O)[C@H](C)OC(=O)c2ccc(Cn3cncn3)cc2)cc1. The molecule has 0 radical (unpaired) electrons. The van der Waals surface area contributed by atoms with Gasteiger partial charge in [-0.25, -0.2) is 14.5 Å². The summed E-state index contributed by atoms with van der Waals surface area (Å²) in [4.78, 5) is 28.7. The predicted octanol–water partition coefficient (Wildman–Crippen LogP) is 3.15. The average Bonchev–Trinajstić information content (AvgIpc) is 3.22. The van der Waals surface area contributed by atoms with E-state index >= 15 is 0 Å². The second-order valence-corrected chi connectivity index (χ2v) is 6.16. The number of hydrogen-bond donors (Lipinski definition) is 0. The fraction of sp³-hybridized carbons (Fsp3) is 0.238. The van der Waals surface area contributed by atoms with Crippen molar-refractivity contribution in [3.63, 3.8) is 0 Å². The van der Waals surface area contributed by atoms with E-state index < -0.39 is 12.1 Å². The summed E-state index contributed by atoms with van der Waals surface area (Å²) >= 11 is 0. The van der Waals surface area contributed by atoms with Gasteiger partial charge in [0.1, 0.15) is 18.4 Å². The molecule has 0 N–H and O–H groups in total. The molecule has 7 nitrogen and oxygen atoms in total. The molecule has 3 aromatic rings. The number of nitrogens with zero attached hydrogens (tertiary/aromatic N) is 3. The van der Waals surface area contributed by atoms with Gasteiger partial charge in [-0.2, -0.15) is 5.10 Å². The molecule has 0 bridgehead atoms. The van der Waals surface area contributed by atoms with Gasteiger partial charge < -0.3 is 9.47 Å². The molecule has 2 aromatic carbocycles. The number of carbonyl (C=O) groups is 2. The normalized spacial score (nSPS) is 11.6. The molecule has 1 heterocycles. The second-order valence-electron chi connectivity index (χ2n) is 6.16. The van der Waals surface area contributed by atoms with Crippen molar-refractivity contribution in [3.8, 4) is 5.75 Å². The first-order valence-electron chi connectivity index (χ1n) is 8.96. The summed E-state index contributed by atoms with van der Waals surface area (Å²) < 4.78 is 12.4. The van der Waals surface area contributed by atoms with Crippen LogP contribution >= 0.6 is 0 Å². The highest BCUT2D eigenvalue weighted by Crippen LogP contribution is 2.15. The minimum Gasteiger partial charge on any atom is -0.494 e. The number of benzene rings is 2. The fourth-order valence-corrected chi connectivity index (χ4v) is 2.65. The highest BCUT2D eigenvalue weighted by atomic mass is 16.5. The predicted molar refractivity (Wildman–Crippen MR) is 102 cm³/mol. The zero-order chi connectivity index (χ0) is 19.9. The first-order valence-corrected chi connectivity index (χ1v) is 8.96. The van der Waals surface area contributed by atoms with Crippen LogP contribution in [0.4, 0.5) is 0 Å². The number of esters is 1. The van der Waals surface area contributed by atoms with E-state index in [-0.39, 0.29) is 5.78 Å². The molecule has 0 unspecified atom stereocenters. The van der Waals surface area contributed by atoms with E-state index in [0.717, 1.165) is 5.56 Å². The smallest absolute Gasteiger partial charge is 0.338 e. The van der Waals surface area contributed by atoms with Gasteiger partial charge >= 0.3 is 5.97 Å². The Labute approximate surface area is 162 Å². The van der Waals surface area contributed by atoms with E-state index in [2.05, 4.69) is 10.1 Å². The van der Waals surface area contributed by atoms with Gasteiger partial charge in [0.25, 0.3) is 0 Å². The van der Waals surface area contributed by atoms with Gasteiger partial charge in [0, 0.05) is 5.56 Å². The molecule has 0 saturated carbocycles. The molecule has 0 spiro atoms. The molecule has 0 saturated heterocycles. The van der Waals surface area contributed by atoms with Crippen LogP contribution in [-0.2, 0) is 11.3 Å². The summed E-state index contributed by atoms with van der Waals surface area (Å²) in [6.45, 7) is 4.57. The molecule has 7 heteroatoms. The Kier molecular flexibility index (Phi) is 6.16.